The van der Waals surface area contributed by atoms with Crippen LogP contribution in [-0.4, -0.2) is 24.5 Å². The van der Waals surface area contributed by atoms with Crippen molar-refractivity contribution in [2.24, 2.45) is 0 Å². The van der Waals surface area contributed by atoms with Gasteiger partial charge in [-0.15, -0.1) is 0 Å². The molecular formula is C24H19FN6. The van der Waals surface area contributed by atoms with Crippen LogP contribution in [0.15, 0.2) is 55.1 Å². The average Bonchev–Trinajstić information content (AvgIpc) is 3.37. The zero-order valence-electron chi connectivity index (χ0n) is 17.3. The molecule has 3 aromatic heterocycles. The highest BCUT2D eigenvalue weighted by Crippen LogP contribution is 2.32. The molecule has 0 saturated carbocycles. The summed E-state index contributed by atoms with van der Waals surface area (Å²) < 4.78 is 15.9. The smallest absolute Gasteiger partial charge is 0.156 e. The van der Waals surface area contributed by atoms with Gasteiger partial charge in [0.2, 0.25) is 0 Å². The Kier molecular flexibility index (Phi) is 4.12. The van der Waals surface area contributed by atoms with Crippen molar-refractivity contribution in [2.45, 2.75) is 26.3 Å². The first-order chi connectivity index (χ1) is 14.8. The lowest BCUT2D eigenvalue weighted by atomic mass is 10.0. The van der Waals surface area contributed by atoms with Crippen molar-refractivity contribution in [3.05, 3.63) is 66.5 Å². The molecule has 0 aliphatic heterocycles. The third-order valence-electron chi connectivity index (χ3n) is 5.34. The number of H-pyrrole nitrogens is 1. The minimum Gasteiger partial charge on any atom is -0.344 e. The third-order valence-corrected chi connectivity index (χ3v) is 5.34. The van der Waals surface area contributed by atoms with Crippen LogP contribution in [0, 0.1) is 17.1 Å². The Morgan fingerprint density at radius 1 is 1.06 bits per heavy atom. The van der Waals surface area contributed by atoms with Crippen LogP contribution in [0.2, 0.25) is 0 Å². The van der Waals surface area contributed by atoms with Gasteiger partial charge in [0.25, 0.3) is 0 Å². The van der Waals surface area contributed by atoms with Crippen molar-refractivity contribution in [3.8, 4) is 28.5 Å². The van der Waals surface area contributed by atoms with E-state index in [1.165, 1.54) is 12.1 Å². The van der Waals surface area contributed by atoms with Crippen LogP contribution in [-0.2, 0) is 5.54 Å². The average molecular weight is 410 g/mol. The number of hydrogen-bond acceptors (Lipinski definition) is 4. The molecule has 3 heterocycles. The molecule has 6 nitrogen and oxygen atoms in total. The number of nitrogens with zero attached hydrogens (tertiary/aromatic N) is 5. The van der Waals surface area contributed by atoms with Crippen LogP contribution in [0.5, 0.6) is 0 Å². The molecule has 1 N–H and O–H groups in total. The van der Waals surface area contributed by atoms with E-state index in [-0.39, 0.29) is 11.1 Å². The summed E-state index contributed by atoms with van der Waals surface area (Å²) in [5.74, 6) is -0.550. The Morgan fingerprint density at radius 2 is 1.87 bits per heavy atom. The lowest BCUT2D eigenvalue weighted by Gasteiger charge is -2.21. The molecule has 0 aliphatic rings. The third kappa shape index (κ3) is 3.13. The van der Waals surface area contributed by atoms with Crippen LogP contribution in [0.4, 0.5) is 4.39 Å². The Labute approximate surface area is 178 Å². The normalized spacial score (nSPS) is 11.8. The van der Waals surface area contributed by atoms with Gasteiger partial charge in [-0.2, -0.15) is 5.26 Å². The molecule has 0 saturated heterocycles. The number of fused-ring (bicyclic) bond motifs is 2. The van der Waals surface area contributed by atoms with E-state index in [0.717, 1.165) is 22.2 Å². The zero-order chi connectivity index (χ0) is 21.8. The van der Waals surface area contributed by atoms with Crippen LogP contribution in [0.1, 0.15) is 26.3 Å². The number of imidazole rings is 1. The topological polar surface area (TPSA) is 83.2 Å². The Balaban J connectivity index is 1.66. The number of aromatic nitrogens is 5. The van der Waals surface area contributed by atoms with E-state index in [2.05, 4.69) is 46.4 Å². The molecule has 2 aromatic carbocycles. The second-order valence-corrected chi connectivity index (χ2v) is 8.45. The highest BCUT2D eigenvalue weighted by atomic mass is 19.1. The standard InChI is InChI=1S/C24H19FN6/c1-24(2,3)31-13-29-19-7-5-14(9-21(19)31)17-11-27-23-22(17)30-20(12-28-23)15-4-6-18(25)16(8-15)10-26/h4-9,11-13H,1-3H3,(H,27,28). The summed E-state index contributed by atoms with van der Waals surface area (Å²) in [6.07, 6.45) is 5.37. The fraction of sp³-hybridized carbons (Fsp3) is 0.167. The predicted octanol–water partition coefficient (Wildman–Crippen LogP) is 5.41. The molecule has 0 aliphatic carbocycles. The summed E-state index contributed by atoms with van der Waals surface area (Å²) in [7, 11) is 0. The lowest BCUT2D eigenvalue weighted by molar-refractivity contribution is 0.408. The predicted molar refractivity (Wildman–Crippen MR) is 118 cm³/mol. The van der Waals surface area contributed by atoms with E-state index in [9.17, 15) is 4.39 Å². The van der Waals surface area contributed by atoms with Gasteiger partial charge >= 0.3 is 0 Å². The Morgan fingerprint density at radius 3 is 2.65 bits per heavy atom. The molecule has 0 unspecified atom stereocenters. The number of hydrogen-bond donors (Lipinski definition) is 1. The fourth-order valence-electron chi connectivity index (χ4n) is 3.73. The second-order valence-electron chi connectivity index (χ2n) is 8.45. The summed E-state index contributed by atoms with van der Waals surface area (Å²) in [5, 5.41) is 9.13. The number of halogens is 1. The van der Waals surface area contributed by atoms with Crippen LogP contribution in [0.25, 0.3) is 44.6 Å². The summed E-state index contributed by atoms with van der Waals surface area (Å²) in [6, 6.07) is 12.4. The van der Waals surface area contributed by atoms with Crippen molar-refractivity contribution < 1.29 is 4.39 Å². The van der Waals surface area contributed by atoms with E-state index < -0.39 is 5.82 Å². The number of nitrogens with one attached hydrogen (secondary N) is 1. The molecule has 0 radical (unpaired) electrons. The number of rotatable bonds is 2. The molecule has 0 fully saturated rings. The molecule has 0 spiro atoms. The molecule has 5 aromatic rings. The Bertz CT molecular complexity index is 1500. The summed E-state index contributed by atoms with van der Waals surface area (Å²) in [5.41, 5.74) is 6.35. The number of aromatic amines is 1. The summed E-state index contributed by atoms with van der Waals surface area (Å²) >= 11 is 0. The van der Waals surface area contributed by atoms with Gasteiger partial charge in [0.05, 0.1) is 34.8 Å². The molecule has 152 valence electrons. The monoisotopic (exact) mass is 410 g/mol. The van der Waals surface area contributed by atoms with Gasteiger partial charge in [0.15, 0.2) is 5.65 Å². The van der Waals surface area contributed by atoms with E-state index in [0.29, 0.717) is 22.4 Å². The first-order valence-corrected chi connectivity index (χ1v) is 9.87. The maximum atomic E-state index is 13.7. The second kappa shape index (κ2) is 6.74. The van der Waals surface area contributed by atoms with Gasteiger partial charge in [-0.25, -0.2) is 19.3 Å². The van der Waals surface area contributed by atoms with Gasteiger partial charge < -0.3 is 9.55 Å². The lowest BCUT2D eigenvalue weighted by Crippen LogP contribution is -2.20. The number of benzene rings is 2. The molecule has 0 amide bonds. The van der Waals surface area contributed by atoms with Crippen molar-refractivity contribution >= 4 is 22.2 Å². The molecule has 7 heteroatoms. The van der Waals surface area contributed by atoms with E-state index in [4.69, 9.17) is 10.2 Å². The Hall–Kier alpha value is -4.05. The van der Waals surface area contributed by atoms with Gasteiger partial charge in [0, 0.05) is 22.9 Å². The largest absolute Gasteiger partial charge is 0.344 e. The van der Waals surface area contributed by atoms with Gasteiger partial charge in [0.1, 0.15) is 17.4 Å². The molecule has 0 bridgehead atoms. The maximum Gasteiger partial charge on any atom is 0.156 e. The maximum absolute atomic E-state index is 13.7. The highest BCUT2D eigenvalue weighted by molar-refractivity contribution is 5.94. The van der Waals surface area contributed by atoms with E-state index in [1.54, 1.807) is 12.3 Å². The van der Waals surface area contributed by atoms with E-state index in [1.807, 2.05) is 30.7 Å². The first kappa shape index (κ1) is 18.9. The molecular weight excluding hydrogens is 391 g/mol. The minimum atomic E-state index is -0.550. The van der Waals surface area contributed by atoms with Gasteiger partial charge in [-0.1, -0.05) is 6.07 Å². The summed E-state index contributed by atoms with van der Waals surface area (Å²) in [6.45, 7) is 6.42. The highest BCUT2D eigenvalue weighted by Gasteiger charge is 2.18. The minimum absolute atomic E-state index is 0.0189. The fourth-order valence-corrected chi connectivity index (χ4v) is 3.73. The van der Waals surface area contributed by atoms with Crippen molar-refractivity contribution in [2.75, 3.05) is 0 Å². The van der Waals surface area contributed by atoms with Crippen molar-refractivity contribution in [1.82, 2.24) is 24.5 Å². The summed E-state index contributed by atoms with van der Waals surface area (Å²) in [4.78, 5) is 16.9. The molecule has 31 heavy (non-hydrogen) atoms. The van der Waals surface area contributed by atoms with Gasteiger partial charge in [-0.3, -0.25) is 0 Å². The molecule has 0 atom stereocenters. The number of nitriles is 1. The van der Waals surface area contributed by atoms with Crippen LogP contribution < -0.4 is 0 Å². The zero-order valence-corrected chi connectivity index (χ0v) is 17.3. The van der Waals surface area contributed by atoms with E-state index >= 15 is 0 Å². The quantitative estimate of drug-likeness (QED) is 0.422. The molecule has 5 rings (SSSR count). The SMILES string of the molecule is CC(C)(C)n1cnc2ccc(-c3c[nH]c4ncc(-c5ccc(F)c(C#N)c5)nc34)cc21. The van der Waals surface area contributed by atoms with Crippen LogP contribution >= 0.6 is 0 Å². The van der Waals surface area contributed by atoms with Crippen molar-refractivity contribution in [1.29, 1.82) is 5.26 Å². The first-order valence-electron chi connectivity index (χ1n) is 9.87. The van der Waals surface area contributed by atoms with Gasteiger partial charge in [-0.05, 0) is 56.7 Å². The van der Waals surface area contributed by atoms with Crippen molar-refractivity contribution in [3.63, 3.8) is 0 Å². The van der Waals surface area contributed by atoms with Crippen LogP contribution in [0.3, 0.4) is 0 Å².